The molecule has 1 unspecified atom stereocenters. The van der Waals surface area contributed by atoms with E-state index in [1.165, 1.54) is 11.6 Å². The second kappa shape index (κ2) is 8.15. The van der Waals surface area contributed by atoms with Crippen molar-refractivity contribution >= 4 is 34.6 Å². The van der Waals surface area contributed by atoms with Crippen molar-refractivity contribution in [3.05, 3.63) is 58.6 Å². The Morgan fingerprint density at radius 1 is 1.26 bits per heavy atom. The molecule has 0 saturated carbocycles. The molecule has 2 rings (SSSR count). The molecule has 0 aliphatic carbocycles. The van der Waals surface area contributed by atoms with Crippen LogP contribution in [0.2, 0.25) is 5.02 Å². The van der Waals surface area contributed by atoms with Crippen LogP contribution in [-0.2, 0) is 6.42 Å². The van der Waals surface area contributed by atoms with Gasteiger partial charge >= 0.3 is 0 Å². The molecule has 0 saturated heterocycles. The third-order valence-corrected chi connectivity index (χ3v) is 3.81. The van der Waals surface area contributed by atoms with Crippen LogP contribution in [-0.4, -0.2) is 21.9 Å². The zero-order valence-corrected chi connectivity index (χ0v) is 14.3. The molecule has 23 heavy (non-hydrogen) atoms. The lowest BCUT2D eigenvalue weighted by Crippen LogP contribution is -2.30. The van der Waals surface area contributed by atoms with Gasteiger partial charge in [-0.3, -0.25) is 0 Å². The van der Waals surface area contributed by atoms with Gasteiger partial charge in [0.1, 0.15) is 5.75 Å². The Labute approximate surface area is 146 Å². The number of aliphatic hydroxyl groups is 1. The molecule has 2 aromatic rings. The van der Waals surface area contributed by atoms with Gasteiger partial charge in [-0.05, 0) is 43.3 Å². The summed E-state index contributed by atoms with van der Waals surface area (Å²) >= 11 is 11.2. The molecular formula is C17H19ClN2O2S. The average molecular weight is 351 g/mol. The van der Waals surface area contributed by atoms with Gasteiger partial charge in [-0.25, -0.2) is 0 Å². The zero-order valence-electron chi connectivity index (χ0n) is 12.7. The second-order valence-corrected chi connectivity index (χ2v) is 6.03. The fourth-order valence-corrected chi connectivity index (χ4v) is 2.60. The Balaban J connectivity index is 1.95. The molecule has 0 radical (unpaired) electrons. The smallest absolute Gasteiger partial charge is 0.170 e. The van der Waals surface area contributed by atoms with E-state index >= 15 is 0 Å². The first-order valence-electron chi connectivity index (χ1n) is 7.26. The van der Waals surface area contributed by atoms with Crippen LogP contribution < -0.4 is 10.6 Å². The number of halogens is 1. The largest absolute Gasteiger partial charge is 0.505 e. The van der Waals surface area contributed by atoms with Crippen LogP contribution in [0.15, 0.2) is 42.5 Å². The summed E-state index contributed by atoms with van der Waals surface area (Å²) in [7, 11) is 0. The van der Waals surface area contributed by atoms with E-state index in [1.807, 2.05) is 18.2 Å². The van der Waals surface area contributed by atoms with E-state index in [-0.39, 0.29) is 5.75 Å². The first-order chi connectivity index (χ1) is 11.0. The number of nitrogens with one attached hydrogen (secondary N) is 2. The highest BCUT2D eigenvalue weighted by atomic mass is 35.5. The summed E-state index contributed by atoms with van der Waals surface area (Å²) < 4.78 is 0. The Hall–Kier alpha value is -1.82. The maximum atomic E-state index is 10.2. The molecule has 122 valence electrons. The fourth-order valence-electron chi connectivity index (χ4n) is 2.17. The predicted octanol–water partition coefficient (Wildman–Crippen LogP) is 3.63. The zero-order chi connectivity index (χ0) is 16.8. The van der Waals surface area contributed by atoms with Crippen LogP contribution in [0, 0.1) is 0 Å². The molecule has 2 aromatic carbocycles. The number of phenols is 1. The van der Waals surface area contributed by atoms with Gasteiger partial charge in [0, 0.05) is 17.1 Å². The summed E-state index contributed by atoms with van der Waals surface area (Å²) in [5.41, 5.74) is 1.93. The van der Waals surface area contributed by atoms with Crippen LogP contribution in [0.4, 0.5) is 5.69 Å². The molecule has 0 amide bonds. The topological polar surface area (TPSA) is 64.5 Å². The number of phenolic OH excluding ortho intramolecular Hbond substituents is 1. The Morgan fingerprint density at radius 3 is 2.61 bits per heavy atom. The maximum absolute atomic E-state index is 10.2. The number of hydrogen-bond acceptors (Lipinski definition) is 3. The van der Waals surface area contributed by atoms with Crippen molar-refractivity contribution in [2.75, 3.05) is 11.9 Å². The molecule has 4 nitrogen and oxygen atoms in total. The molecule has 0 fully saturated rings. The van der Waals surface area contributed by atoms with E-state index in [9.17, 15) is 10.2 Å². The van der Waals surface area contributed by atoms with Gasteiger partial charge < -0.3 is 20.8 Å². The van der Waals surface area contributed by atoms with Crippen molar-refractivity contribution in [3.8, 4) is 5.75 Å². The molecular weight excluding hydrogens is 332 g/mol. The highest BCUT2D eigenvalue weighted by molar-refractivity contribution is 7.80. The number of thiocarbonyl (C=S) groups is 1. The summed E-state index contributed by atoms with van der Waals surface area (Å²) in [5.74, 6) is -0.0587. The molecule has 0 bridgehead atoms. The standard InChI is InChI=1S/C17H19ClN2O2S/c1-11(21)14-9-13(18)10-15(16(14)22)20-17(23)19-8-7-12-5-3-2-4-6-12/h2-6,9-11,21-22H,7-8H2,1H3,(H2,19,20,23). The SMILES string of the molecule is CC(O)c1cc(Cl)cc(NC(=S)NCCc2ccccc2)c1O. The first-order valence-corrected chi connectivity index (χ1v) is 8.05. The summed E-state index contributed by atoms with van der Waals surface area (Å²) in [6.07, 6.45) is 0.0113. The van der Waals surface area contributed by atoms with Gasteiger partial charge in [-0.15, -0.1) is 0 Å². The molecule has 0 spiro atoms. The van der Waals surface area contributed by atoms with Gasteiger partial charge in [0.25, 0.3) is 0 Å². The highest BCUT2D eigenvalue weighted by Gasteiger charge is 2.14. The van der Waals surface area contributed by atoms with Gasteiger partial charge in [-0.2, -0.15) is 0 Å². The van der Waals surface area contributed by atoms with E-state index < -0.39 is 6.10 Å². The van der Waals surface area contributed by atoms with Crippen molar-refractivity contribution in [3.63, 3.8) is 0 Å². The minimum Gasteiger partial charge on any atom is -0.505 e. The van der Waals surface area contributed by atoms with Gasteiger partial charge in [-0.1, -0.05) is 41.9 Å². The highest BCUT2D eigenvalue weighted by Crippen LogP contribution is 2.35. The lowest BCUT2D eigenvalue weighted by molar-refractivity contribution is 0.195. The van der Waals surface area contributed by atoms with Crippen molar-refractivity contribution in [1.82, 2.24) is 5.32 Å². The average Bonchev–Trinajstić information content (AvgIpc) is 2.51. The third kappa shape index (κ3) is 5.10. The molecule has 0 aromatic heterocycles. The Morgan fingerprint density at radius 2 is 1.96 bits per heavy atom. The van der Waals surface area contributed by atoms with Crippen molar-refractivity contribution < 1.29 is 10.2 Å². The quantitative estimate of drug-likeness (QED) is 0.490. The van der Waals surface area contributed by atoms with Crippen LogP contribution in [0.25, 0.3) is 0 Å². The summed E-state index contributed by atoms with van der Waals surface area (Å²) in [4.78, 5) is 0. The lowest BCUT2D eigenvalue weighted by atomic mass is 10.1. The fraction of sp³-hybridized carbons (Fsp3) is 0.235. The van der Waals surface area contributed by atoms with Gasteiger partial charge in [0.15, 0.2) is 5.11 Å². The van der Waals surface area contributed by atoms with E-state index in [0.717, 1.165) is 6.42 Å². The van der Waals surface area contributed by atoms with E-state index in [2.05, 4.69) is 22.8 Å². The van der Waals surface area contributed by atoms with Crippen molar-refractivity contribution in [2.24, 2.45) is 0 Å². The summed E-state index contributed by atoms with van der Waals surface area (Å²) in [6, 6.07) is 13.2. The number of aromatic hydroxyl groups is 1. The lowest BCUT2D eigenvalue weighted by Gasteiger charge is -2.15. The number of benzene rings is 2. The van der Waals surface area contributed by atoms with Crippen LogP contribution >= 0.6 is 23.8 Å². The third-order valence-electron chi connectivity index (χ3n) is 3.34. The van der Waals surface area contributed by atoms with Crippen LogP contribution in [0.3, 0.4) is 0 Å². The molecule has 1 atom stereocenters. The minimum absolute atomic E-state index is 0.0587. The maximum Gasteiger partial charge on any atom is 0.170 e. The van der Waals surface area contributed by atoms with E-state index in [1.54, 1.807) is 13.0 Å². The second-order valence-electron chi connectivity index (χ2n) is 5.18. The Kier molecular flexibility index (Phi) is 6.21. The first kappa shape index (κ1) is 17.5. The number of rotatable bonds is 5. The normalized spacial score (nSPS) is 11.8. The predicted molar refractivity (Wildman–Crippen MR) is 98.1 cm³/mol. The number of anilines is 1. The van der Waals surface area contributed by atoms with Crippen LogP contribution in [0.5, 0.6) is 5.75 Å². The number of aliphatic hydroxyl groups excluding tert-OH is 1. The molecule has 0 aliphatic rings. The minimum atomic E-state index is -0.825. The Bertz CT molecular complexity index is 678. The molecule has 0 aliphatic heterocycles. The van der Waals surface area contributed by atoms with Crippen LogP contribution in [0.1, 0.15) is 24.2 Å². The summed E-state index contributed by atoms with van der Waals surface area (Å²) in [5, 5.41) is 26.6. The van der Waals surface area contributed by atoms with Gasteiger partial charge in [0.05, 0.1) is 11.8 Å². The van der Waals surface area contributed by atoms with E-state index in [0.29, 0.717) is 27.9 Å². The monoisotopic (exact) mass is 350 g/mol. The van der Waals surface area contributed by atoms with Crippen molar-refractivity contribution in [2.45, 2.75) is 19.4 Å². The molecule has 4 N–H and O–H groups in total. The summed E-state index contributed by atoms with van der Waals surface area (Å²) in [6.45, 7) is 2.23. The molecule has 6 heteroatoms. The van der Waals surface area contributed by atoms with E-state index in [4.69, 9.17) is 23.8 Å². The molecule has 0 heterocycles. The van der Waals surface area contributed by atoms with Crippen molar-refractivity contribution in [1.29, 1.82) is 0 Å². The van der Waals surface area contributed by atoms with Gasteiger partial charge in [0.2, 0.25) is 0 Å². The number of hydrogen-bond donors (Lipinski definition) is 4.